The van der Waals surface area contributed by atoms with Gasteiger partial charge in [-0.15, -0.1) is 0 Å². The highest BCUT2D eigenvalue weighted by Crippen LogP contribution is 2.22. The summed E-state index contributed by atoms with van der Waals surface area (Å²) in [6.45, 7) is 1.91. The zero-order valence-electron chi connectivity index (χ0n) is 17.1. The Kier molecular flexibility index (Phi) is 6.02. The average molecular weight is 406 g/mol. The molecule has 0 aliphatic heterocycles. The van der Waals surface area contributed by atoms with Crippen molar-refractivity contribution in [2.45, 2.75) is 26.6 Å². The van der Waals surface area contributed by atoms with Crippen LogP contribution in [-0.4, -0.2) is 34.1 Å². The Bertz CT molecular complexity index is 1270. The highest BCUT2D eigenvalue weighted by atomic mass is 16.5. The van der Waals surface area contributed by atoms with Crippen LogP contribution >= 0.6 is 0 Å². The lowest BCUT2D eigenvalue weighted by atomic mass is 10.1. The summed E-state index contributed by atoms with van der Waals surface area (Å²) < 4.78 is 7.28. The third kappa shape index (κ3) is 4.10. The number of carbonyl (C=O) groups is 1. The maximum absolute atomic E-state index is 12.7. The maximum Gasteiger partial charge on any atom is 0.331 e. The fourth-order valence-electron chi connectivity index (χ4n) is 3.21. The van der Waals surface area contributed by atoms with Crippen LogP contribution in [0.4, 0.5) is 0 Å². The number of carbonyl (C=O) groups excluding carboxylic acids is 1. The van der Waals surface area contributed by atoms with Crippen LogP contribution in [0, 0.1) is 11.3 Å². The number of nitrogens with zero attached hydrogens (tertiary/aromatic N) is 4. The molecule has 0 unspecified atom stereocenters. The second-order valence-corrected chi connectivity index (χ2v) is 6.91. The fraction of sp³-hybridized carbons (Fsp3) is 0.273. The SMILES string of the molecule is CCn1cc(C#N)c(=O)n(CC(=O)N(C)Cc2ccc3cc(OC)ccc3c2)c1=O. The van der Waals surface area contributed by atoms with Gasteiger partial charge in [-0.2, -0.15) is 5.26 Å². The van der Waals surface area contributed by atoms with Gasteiger partial charge in [0.05, 0.1) is 7.11 Å². The van der Waals surface area contributed by atoms with E-state index in [2.05, 4.69) is 0 Å². The monoisotopic (exact) mass is 406 g/mol. The highest BCUT2D eigenvalue weighted by molar-refractivity contribution is 5.84. The molecule has 0 aliphatic rings. The van der Waals surface area contributed by atoms with Crippen LogP contribution in [0.1, 0.15) is 18.1 Å². The van der Waals surface area contributed by atoms with Crippen LogP contribution in [0.3, 0.4) is 0 Å². The second kappa shape index (κ2) is 8.66. The number of methoxy groups -OCH3 is 1. The fourth-order valence-corrected chi connectivity index (χ4v) is 3.21. The molecule has 1 aromatic heterocycles. The summed E-state index contributed by atoms with van der Waals surface area (Å²) in [5.41, 5.74) is -0.624. The first-order valence-electron chi connectivity index (χ1n) is 9.43. The summed E-state index contributed by atoms with van der Waals surface area (Å²) in [6.07, 6.45) is 1.22. The molecule has 0 fully saturated rings. The lowest BCUT2D eigenvalue weighted by Crippen LogP contribution is -2.44. The molecule has 0 aliphatic carbocycles. The van der Waals surface area contributed by atoms with Crippen molar-refractivity contribution in [1.29, 1.82) is 5.26 Å². The number of likely N-dealkylation sites (N-methyl/N-ethyl adjacent to an activating group) is 1. The molecule has 0 radical (unpaired) electrons. The van der Waals surface area contributed by atoms with Crippen LogP contribution < -0.4 is 16.0 Å². The van der Waals surface area contributed by atoms with Gasteiger partial charge in [0, 0.05) is 26.3 Å². The van der Waals surface area contributed by atoms with Crippen molar-refractivity contribution < 1.29 is 9.53 Å². The predicted octanol–water partition coefficient (Wildman–Crippen LogP) is 1.72. The van der Waals surface area contributed by atoms with Crippen molar-refractivity contribution in [3.05, 3.63) is 74.6 Å². The molecule has 3 rings (SSSR count). The van der Waals surface area contributed by atoms with Gasteiger partial charge in [0.2, 0.25) is 5.91 Å². The minimum Gasteiger partial charge on any atom is -0.497 e. The first-order chi connectivity index (χ1) is 14.4. The first-order valence-corrected chi connectivity index (χ1v) is 9.43. The summed E-state index contributed by atoms with van der Waals surface area (Å²) in [4.78, 5) is 38.9. The van der Waals surface area contributed by atoms with E-state index in [1.807, 2.05) is 36.4 Å². The van der Waals surface area contributed by atoms with Gasteiger partial charge >= 0.3 is 5.69 Å². The molecule has 0 saturated heterocycles. The number of aryl methyl sites for hydroxylation is 1. The quantitative estimate of drug-likeness (QED) is 0.621. The Balaban J connectivity index is 1.82. The van der Waals surface area contributed by atoms with E-state index in [4.69, 9.17) is 10.00 Å². The van der Waals surface area contributed by atoms with Gasteiger partial charge in [0.25, 0.3) is 5.56 Å². The normalized spacial score (nSPS) is 10.6. The van der Waals surface area contributed by atoms with E-state index in [9.17, 15) is 14.4 Å². The molecule has 0 spiro atoms. The Morgan fingerprint density at radius 1 is 1.17 bits per heavy atom. The summed E-state index contributed by atoms with van der Waals surface area (Å²) in [5.74, 6) is 0.368. The van der Waals surface area contributed by atoms with Crippen molar-refractivity contribution >= 4 is 16.7 Å². The Labute approximate surface area is 173 Å². The Morgan fingerprint density at radius 2 is 1.87 bits per heavy atom. The summed E-state index contributed by atoms with van der Waals surface area (Å²) in [7, 11) is 3.22. The van der Waals surface area contributed by atoms with E-state index in [-0.39, 0.29) is 5.56 Å². The number of nitriles is 1. The number of hydrogen-bond donors (Lipinski definition) is 0. The van der Waals surface area contributed by atoms with Crippen LogP contribution in [0.25, 0.3) is 10.8 Å². The second-order valence-electron chi connectivity index (χ2n) is 6.91. The van der Waals surface area contributed by atoms with Crippen LogP contribution in [0.15, 0.2) is 52.2 Å². The minimum atomic E-state index is -0.756. The lowest BCUT2D eigenvalue weighted by molar-refractivity contribution is -0.131. The summed E-state index contributed by atoms with van der Waals surface area (Å²) in [6, 6.07) is 13.4. The molecular weight excluding hydrogens is 384 g/mol. The van der Waals surface area contributed by atoms with Gasteiger partial charge in [-0.25, -0.2) is 9.36 Å². The smallest absolute Gasteiger partial charge is 0.331 e. The van der Waals surface area contributed by atoms with Gasteiger partial charge in [0.1, 0.15) is 23.9 Å². The van der Waals surface area contributed by atoms with E-state index in [0.29, 0.717) is 13.1 Å². The number of aromatic nitrogens is 2. The Hall–Kier alpha value is -3.86. The van der Waals surface area contributed by atoms with Crippen LogP contribution in [-0.2, 0) is 24.4 Å². The zero-order chi connectivity index (χ0) is 21.8. The third-order valence-corrected chi connectivity index (χ3v) is 4.95. The van der Waals surface area contributed by atoms with Crippen LogP contribution in [0.5, 0.6) is 5.75 Å². The molecule has 0 saturated carbocycles. The van der Waals surface area contributed by atoms with E-state index >= 15 is 0 Å². The molecule has 3 aromatic rings. The third-order valence-electron chi connectivity index (χ3n) is 4.95. The molecule has 0 bridgehead atoms. The molecule has 8 heteroatoms. The number of hydrogen-bond acceptors (Lipinski definition) is 5. The molecule has 30 heavy (non-hydrogen) atoms. The highest BCUT2D eigenvalue weighted by Gasteiger charge is 2.16. The topological polar surface area (TPSA) is 97.3 Å². The number of ether oxygens (including phenoxy) is 1. The van der Waals surface area contributed by atoms with E-state index in [1.54, 1.807) is 27.2 Å². The van der Waals surface area contributed by atoms with Gasteiger partial charge in [-0.3, -0.25) is 14.2 Å². The average Bonchev–Trinajstić information content (AvgIpc) is 2.76. The maximum atomic E-state index is 12.7. The van der Waals surface area contributed by atoms with Crippen molar-refractivity contribution in [2.24, 2.45) is 0 Å². The van der Waals surface area contributed by atoms with Crippen molar-refractivity contribution in [3.8, 4) is 11.8 Å². The molecule has 0 N–H and O–H groups in total. The lowest BCUT2D eigenvalue weighted by Gasteiger charge is -2.18. The summed E-state index contributed by atoms with van der Waals surface area (Å²) >= 11 is 0. The van der Waals surface area contributed by atoms with Crippen molar-refractivity contribution in [3.63, 3.8) is 0 Å². The standard InChI is InChI=1S/C22H22N4O4/c1-4-25-13-18(11-23)21(28)26(22(25)29)14-20(27)24(2)12-15-5-6-17-10-19(30-3)8-7-16(17)9-15/h5-10,13H,4,12,14H2,1-3H3. The first kappa shape index (κ1) is 20.9. The Morgan fingerprint density at radius 3 is 2.53 bits per heavy atom. The van der Waals surface area contributed by atoms with Gasteiger partial charge in [-0.05, 0) is 41.5 Å². The van der Waals surface area contributed by atoms with Gasteiger partial charge < -0.3 is 9.64 Å². The summed E-state index contributed by atoms with van der Waals surface area (Å²) in [5, 5.41) is 11.2. The van der Waals surface area contributed by atoms with Crippen molar-refractivity contribution in [1.82, 2.24) is 14.0 Å². The van der Waals surface area contributed by atoms with E-state index in [1.165, 1.54) is 15.7 Å². The van der Waals surface area contributed by atoms with Gasteiger partial charge in [0.15, 0.2) is 0 Å². The molecule has 8 nitrogen and oxygen atoms in total. The van der Waals surface area contributed by atoms with Crippen LogP contribution in [0.2, 0.25) is 0 Å². The molecular formula is C22H22N4O4. The molecule has 0 atom stereocenters. The minimum absolute atomic E-state index is 0.170. The molecule has 1 heterocycles. The van der Waals surface area contributed by atoms with Crippen molar-refractivity contribution in [2.75, 3.05) is 14.2 Å². The molecule has 2 aromatic carbocycles. The number of rotatable bonds is 6. The number of fused-ring (bicyclic) bond motifs is 1. The van der Waals surface area contributed by atoms with E-state index < -0.39 is 23.7 Å². The predicted molar refractivity (Wildman–Crippen MR) is 112 cm³/mol. The number of benzene rings is 2. The van der Waals surface area contributed by atoms with E-state index in [0.717, 1.165) is 26.7 Å². The molecule has 1 amide bonds. The largest absolute Gasteiger partial charge is 0.497 e. The van der Waals surface area contributed by atoms with Gasteiger partial charge in [-0.1, -0.05) is 18.2 Å². The zero-order valence-corrected chi connectivity index (χ0v) is 17.1. The molecule has 154 valence electrons. The number of amides is 1.